The Morgan fingerprint density at radius 1 is 0.917 bits per heavy atom. The van der Waals surface area contributed by atoms with E-state index in [1.54, 1.807) is 0 Å². The van der Waals surface area contributed by atoms with E-state index in [2.05, 4.69) is 27.7 Å². The van der Waals surface area contributed by atoms with Gasteiger partial charge in [-0.1, -0.05) is 66.2 Å². The lowest BCUT2D eigenvalue weighted by atomic mass is 9.82. The predicted molar refractivity (Wildman–Crippen MR) is 57.4 cm³/mol. The quantitative estimate of drug-likeness (QED) is 0.538. The Morgan fingerprint density at radius 2 is 1.33 bits per heavy atom. The number of hydrogen-bond acceptors (Lipinski definition) is 0. The van der Waals surface area contributed by atoms with E-state index in [0.29, 0.717) is 0 Å². The maximum atomic E-state index is 2.38. The van der Waals surface area contributed by atoms with E-state index in [1.165, 1.54) is 38.5 Å². The molecule has 0 aromatic carbocycles. The van der Waals surface area contributed by atoms with Gasteiger partial charge in [-0.25, -0.2) is 0 Å². The minimum absolute atomic E-state index is 1.02. The first-order valence-corrected chi connectivity index (χ1v) is 5.74. The highest BCUT2D eigenvalue weighted by molar-refractivity contribution is 4.68. The molecule has 1 fully saturated rings. The van der Waals surface area contributed by atoms with Crippen LogP contribution in [0.25, 0.3) is 0 Å². The summed E-state index contributed by atoms with van der Waals surface area (Å²) >= 11 is 0. The normalized spacial score (nSPS) is 29.0. The molecule has 0 amide bonds. The second-order valence-electron chi connectivity index (χ2n) is 4.24. The van der Waals surface area contributed by atoms with Crippen LogP contribution in [0, 0.1) is 11.8 Å². The summed E-state index contributed by atoms with van der Waals surface area (Å²) in [7, 11) is 0. The monoisotopic (exact) mass is 170 g/mol. The van der Waals surface area contributed by atoms with E-state index in [4.69, 9.17) is 0 Å². The van der Waals surface area contributed by atoms with Crippen LogP contribution in [-0.2, 0) is 0 Å². The second-order valence-corrected chi connectivity index (χ2v) is 4.24. The SMILES string of the molecule is CCC.CCC1CCC(C)CC1. The summed E-state index contributed by atoms with van der Waals surface area (Å²) in [4.78, 5) is 0. The molecule has 0 aromatic heterocycles. The van der Waals surface area contributed by atoms with Crippen LogP contribution in [-0.4, -0.2) is 0 Å². The smallest absolute Gasteiger partial charge is 0.0417 e. The molecular weight excluding hydrogens is 144 g/mol. The molecule has 1 aliphatic carbocycles. The fourth-order valence-corrected chi connectivity index (χ4v) is 1.74. The zero-order chi connectivity index (χ0) is 9.40. The van der Waals surface area contributed by atoms with Gasteiger partial charge < -0.3 is 0 Å². The van der Waals surface area contributed by atoms with Gasteiger partial charge in [0.25, 0.3) is 0 Å². The molecular formula is C12H26. The molecule has 1 aliphatic rings. The van der Waals surface area contributed by atoms with Crippen LogP contribution in [0.2, 0.25) is 0 Å². The first kappa shape index (κ1) is 12.0. The molecule has 0 spiro atoms. The molecule has 0 radical (unpaired) electrons. The minimum Gasteiger partial charge on any atom is -0.0656 e. The zero-order valence-corrected chi connectivity index (χ0v) is 9.40. The van der Waals surface area contributed by atoms with E-state index in [0.717, 1.165) is 11.8 Å². The van der Waals surface area contributed by atoms with Gasteiger partial charge in [0, 0.05) is 0 Å². The average molecular weight is 170 g/mol. The van der Waals surface area contributed by atoms with E-state index in [1.807, 2.05) is 0 Å². The lowest BCUT2D eigenvalue weighted by Gasteiger charge is -2.24. The molecule has 0 aliphatic heterocycles. The van der Waals surface area contributed by atoms with E-state index >= 15 is 0 Å². The summed E-state index contributed by atoms with van der Waals surface area (Å²) in [6.45, 7) is 8.95. The topological polar surface area (TPSA) is 0 Å². The Bertz CT molecular complexity index is 78.0. The second kappa shape index (κ2) is 7.64. The van der Waals surface area contributed by atoms with Crippen LogP contribution >= 0.6 is 0 Å². The van der Waals surface area contributed by atoms with Crippen molar-refractivity contribution in [2.75, 3.05) is 0 Å². The number of rotatable bonds is 1. The maximum Gasteiger partial charge on any atom is -0.0417 e. The zero-order valence-electron chi connectivity index (χ0n) is 9.40. The Kier molecular flexibility index (Phi) is 7.64. The van der Waals surface area contributed by atoms with Gasteiger partial charge in [0.1, 0.15) is 0 Å². The molecule has 0 heteroatoms. The average Bonchev–Trinajstić information content (AvgIpc) is 2.07. The first-order chi connectivity index (χ1) is 5.74. The van der Waals surface area contributed by atoms with Crippen molar-refractivity contribution >= 4 is 0 Å². The molecule has 1 saturated carbocycles. The molecule has 1 rings (SSSR count). The third-order valence-electron chi connectivity index (χ3n) is 2.71. The lowest BCUT2D eigenvalue weighted by Crippen LogP contribution is -2.10. The van der Waals surface area contributed by atoms with Crippen molar-refractivity contribution in [3.8, 4) is 0 Å². The van der Waals surface area contributed by atoms with Crippen molar-refractivity contribution in [3.63, 3.8) is 0 Å². The van der Waals surface area contributed by atoms with E-state index < -0.39 is 0 Å². The Labute approximate surface area is 78.8 Å². The highest BCUT2D eigenvalue weighted by Gasteiger charge is 2.15. The molecule has 0 saturated heterocycles. The van der Waals surface area contributed by atoms with Crippen LogP contribution in [0.3, 0.4) is 0 Å². The van der Waals surface area contributed by atoms with Crippen LogP contribution in [0.1, 0.15) is 66.2 Å². The van der Waals surface area contributed by atoms with Gasteiger partial charge in [0.2, 0.25) is 0 Å². The first-order valence-electron chi connectivity index (χ1n) is 5.74. The summed E-state index contributed by atoms with van der Waals surface area (Å²) in [6, 6.07) is 0. The van der Waals surface area contributed by atoms with Crippen LogP contribution < -0.4 is 0 Å². The molecule has 0 unspecified atom stereocenters. The summed E-state index contributed by atoms with van der Waals surface area (Å²) < 4.78 is 0. The third-order valence-corrected chi connectivity index (χ3v) is 2.71. The minimum atomic E-state index is 1.02. The summed E-state index contributed by atoms with van der Waals surface area (Å²) in [6.07, 6.45) is 8.62. The van der Waals surface area contributed by atoms with Gasteiger partial charge in [-0.05, 0) is 11.8 Å². The van der Waals surface area contributed by atoms with Crippen LogP contribution in [0.4, 0.5) is 0 Å². The standard InChI is InChI=1S/C9H18.C3H8/c1-3-9-6-4-8(2)5-7-9;1-3-2/h8-9H,3-7H2,1-2H3;3H2,1-2H3. The van der Waals surface area contributed by atoms with Gasteiger partial charge in [-0.15, -0.1) is 0 Å². The number of hydrogen-bond donors (Lipinski definition) is 0. The highest BCUT2D eigenvalue weighted by atomic mass is 14.2. The van der Waals surface area contributed by atoms with Crippen molar-refractivity contribution in [2.45, 2.75) is 66.2 Å². The Morgan fingerprint density at radius 3 is 1.67 bits per heavy atom. The third kappa shape index (κ3) is 5.62. The summed E-state index contributed by atoms with van der Waals surface area (Å²) in [5.74, 6) is 2.09. The van der Waals surface area contributed by atoms with Gasteiger partial charge in [-0.3, -0.25) is 0 Å². The van der Waals surface area contributed by atoms with Crippen molar-refractivity contribution < 1.29 is 0 Å². The molecule has 0 atom stereocenters. The van der Waals surface area contributed by atoms with Gasteiger partial charge >= 0.3 is 0 Å². The Hall–Kier alpha value is 0. The van der Waals surface area contributed by atoms with Crippen LogP contribution in [0.5, 0.6) is 0 Å². The van der Waals surface area contributed by atoms with Crippen molar-refractivity contribution in [3.05, 3.63) is 0 Å². The van der Waals surface area contributed by atoms with Crippen molar-refractivity contribution in [1.82, 2.24) is 0 Å². The van der Waals surface area contributed by atoms with Gasteiger partial charge in [0.15, 0.2) is 0 Å². The molecule has 12 heavy (non-hydrogen) atoms. The molecule has 0 aromatic rings. The van der Waals surface area contributed by atoms with Gasteiger partial charge in [0.05, 0.1) is 0 Å². The van der Waals surface area contributed by atoms with Crippen LogP contribution in [0.15, 0.2) is 0 Å². The fourth-order valence-electron chi connectivity index (χ4n) is 1.74. The lowest BCUT2D eigenvalue weighted by molar-refractivity contribution is 0.284. The van der Waals surface area contributed by atoms with Gasteiger partial charge in [-0.2, -0.15) is 0 Å². The highest BCUT2D eigenvalue weighted by Crippen LogP contribution is 2.29. The van der Waals surface area contributed by atoms with E-state index in [-0.39, 0.29) is 0 Å². The largest absolute Gasteiger partial charge is 0.0656 e. The molecule has 0 bridgehead atoms. The fraction of sp³-hybridized carbons (Fsp3) is 1.00. The molecule has 0 N–H and O–H groups in total. The van der Waals surface area contributed by atoms with Crippen molar-refractivity contribution in [2.24, 2.45) is 11.8 Å². The molecule has 0 heterocycles. The summed E-state index contributed by atoms with van der Waals surface area (Å²) in [5, 5.41) is 0. The summed E-state index contributed by atoms with van der Waals surface area (Å²) in [5.41, 5.74) is 0. The van der Waals surface area contributed by atoms with E-state index in [9.17, 15) is 0 Å². The predicted octanol–water partition coefficient (Wildman–Crippen LogP) is 4.64. The molecule has 0 nitrogen and oxygen atoms in total. The van der Waals surface area contributed by atoms with Crippen molar-refractivity contribution in [1.29, 1.82) is 0 Å². The maximum absolute atomic E-state index is 2.38. The molecule has 74 valence electrons. The Balaban J connectivity index is 0.000000354.